The van der Waals surface area contributed by atoms with Crippen LogP contribution in [0.5, 0.6) is 11.5 Å². The fraction of sp³-hybridized carbons (Fsp3) is 0.417. The van der Waals surface area contributed by atoms with E-state index in [4.69, 9.17) is 32.7 Å². The molecule has 2 N–H and O–H groups in total. The second-order valence-electron chi connectivity index (χ2n) is 7.63. The minimum Gasteiger partial charge on any atom is -0.481 e. The number of carbonyl (C=O) groups excluding carboxylic acids is 2. The summed E-state index contributed by atoms with van der Waals surface area (Å²) in [5.74, 6) is 0.877. The van der Waals surface area contributed by atoms with E-state index in [1.807, 2.05) is 13.8 Å². The minimum atomic E-state index is -0.621. The number of benzene rings is 2. The Morgan fingerprint density at radius 2 is 1.16 bits per heavy atom. The first kappa shape index (κ1) is 25.8. The van der Waals surface area contributed by atoms with Crippen molar-refractivity contribution in [3.63, 3.8) is 0 Å². The number of rotatable bonds is 11. The Labute approximate surface area is 199 Å². The third-order valence-corrected chi connectivity index (χ3v) is 5.29. The fourth-order valence-corrected chi connectivity index (χ4v) is 3.39. The summed E-state index contributed by atoms with van der Waals surface area (Å²) in [6, 6.07) is 10.5. The second kappa shape index (κ2) is 12.6. The maximum atomic E-state index is 12.2. The Kier molecular flexibility index (Phi) is 10.1. The summed E-state index contributed by atoms with van der Waals surface area (Å²) in [6.07, 6.45) is 0.210. The lowest BCUT2D eigenvalue weighted by Crippen LogP contribution is -2.38. The van der Waals surface area contributed by atoms with Gasteiger partial charge in [-0.3, -0.25) is 9.59 Å². The number of hydrogen-bond donors (Lipinski definition) is 2. The molecule has 32 heavy (non-hydrogen) atoms. The van der Waals surface area contributed by atoms with Crippen molar-refractivity contribution >= 4 is 35.0 Å². The molecule has 0 spiro atoms. The zero-order valence-electron chi connectivity index (χ0n) is 18.8. The number of ether oxygens (including phenoxy) is 2. The quantitative estimate of drug-likeness (QED) is 0.450. The molecule has 6 nitrogen and oxygen atoms in total. The smallest absolute Gasteiger partial charge is 0.260 e. The zero-order valence-corrected chi connectivity index (χ0v) is 20.3. The molecule has 0 aliphatic heterocycles. The number of aryl methyl sites for hydroxylation is 2. The van der Waals surface area contributed by atoms with E-state index in [0.29, 0.717) is 34.6 Å². The van der Waals surface area contributed by atoms with E-state index in [-0.39, 0.29) is 11.8 Å². The third kappa shape index (κ3) is 8.24. The van der Waals surface area contributed by atoms with Crippen LogP contribution in [0.1, 0.15) is 37.8 Å². The first-order valence-corrected chi connectivity index (χ1v) is 11.3. The van der Waals surface area contributed by atoms with Crippen LogP contribution in [0.2, 0.25) is 10.0 Å². The molecule has 0 saturated carbocycles. The fourth-order valence-electron chi connectivity index (χ4n) is 2.94. The SMILES string of the molecule is Cc1cc(Cl)ccc1O[C@@H](C)C(=O)NCCCCNC(=O)[C@@H](C)Oc1ccc(Cl)cc1C. The lowest BCUT2D eigenvalue weighted by Gasteiger charge is -2.17. The Bertz CT molecular complexity index is 861. The molecule has 2 aromatic carbocycles. The molecule has 0 radical (unpaired) electrons. The molecule has 2 aromatic rings. The number of nitrogens with one attached hydrogen (secondary N) is 2. The van der Waals surface area contributed by atoms with E-state index < -0.39 is 12.2 Å². The van der Waals surface area contributed by atoms with Crippen LogP contribution in [0, 0.1) is 13.8 Å². The Morgan fingerprint density at radius 1 is 0.781 bits per heavy atom. The molecular weight excluding hydrogens is 451 g/mol. The van der Waals surface area contributed by atoms with Gasteiger partial charge in [-0.05, 0) is 88.1 Å². The van der Waals surface area contributed by atoms with Gasteiger partial charge in [0.05, 0.1) is 0 Å². The highest BCUT2D eigenvalue weighted by molar-refractivity contribution is 6.31. The highest BCUT2D eigenvalue weighted by Crippen LogP contribution is 2.23. The number of carbonyl (C=O) groups is 2. The van der Waals surface area contributed by atoms with Crippen molar-refractivity contribution in [3.8, 4) is 11.5 Å². The summed E-state index contributed by atoms with van der Waals surface area (Å²) in [4.78, 5) is 24.4. The van der Waals surface area contributed by atoms with Gasteiger partial charge in [-0.25, -0.2) is 0 Å². The van der Waals surface area contributed by atoms with Gasteiger partial charge in [-0.15, -0.1) is 0 Å². The van der Waals surface area contributed by atoms with E-state index in [0.717, 1.165) is 24.0 Å². The molecule has 0 aliphatic carbocycles. The average molecular weight is 481 g/mol. The van der Waals surface area contributed by atoms with Gasteiger partial charge in [0.25, 0.3) is 11.8 Å². The number of amides is 2. The van der Waals surface area contributed by atoms with Gasteiger partial charge in [-0.1, -0.05) is 23.2 Å². The van der Waals surface area contributed by atoms with Gasteiger partial charge >= 0.3 is 0 Å². The molecule has 0 heterocycles. The molecule has 8 heteroatoms. The maximum absolute atomic E-state index is 12.2. The average Bonchev–Trinajstić information content (AvgIpc) is 2.74. The normalized spacial score (nSPS) is 12.6. The number of hydrogen-bond acceptors (Lipinski definition) is 4. The molecule has 0 bridgehead atoms. The van der Waals surface area contributed by atoms with Crippen molar-refractivity contribution in [3.05, 3.63) is 57.6 Å². The van der Waals surface area contributed by atoms with Crippen LogP contribution in [0.4, 0.5) is 0 Å². The molecular formula is C24H30Cl2N2O4. The Balaban J connectivity index is 1.62. The lowest BCUT2D eigenvalue weighted by molar-refractivity contribution is -0.128. The summed E-state index contributed by atoms with van der Waals surface area (Å²) in [5, 5.41) is 6.95. The van der Waals surface area contributed by atoms with Crippen molar-refractivity contribution in [2.24, 2.45) is 0 Å². The maximum Gasteiger partial charge on any atom is 0.260 e. The molecule has 2 rings (SSSR count). The Morgan fingerprint density at radius 3 is 1.50 bits per heavy atom. The van der Waals surface area contributed by atoms with Crippen LogP contribution in [-0.4, -0.2) is 37.1 Å². The highest BCUT2D eigenvalue weighted by atomic mass is 35.5. The van der Waals surface area contributed by atoms with Gasteiger partial charge in [0.15, 0.2) is 12.2 Å². The molecule has 0 aromatic heterocycles. The largest absolute Gasteiger partial charge is 0.481 e. The minimum absolute atomic E-state index is 0.191. The van der Waals surface area contributed by atoms with Crippen LogP contribution < -0.4 is 20.1 Å². The standard InChI is InChI=1S/C24H30Cl2N2O4/c1-15-13-19(25)7-9-21(15)31-17(3)23(29)27-11-5-6-12-28-24(30)18(4)32-22-10-8-20(26)14-16(22)2/h7-10,13-14,17-18H,5-6,11-12H2,1-4H3,(H,27,29)(H,28,30)/t17-,18+. The summed E-state index contributed by atoms with van der Waals surface area (Å²) >= 11 is 11.9. The lowest BCUT2D eigenvalue weighted by atomic mass is 10.2. The predicted molar refractivity (Wildman–Crippen MR) is 128 cm³/mol. The monoisotopic (exact) mass is 480 g/mol. The van der Waals surface area contributed by atoms with Gasteiger partial charge in [0.2, 0.25) is 0 Å². The van der Waals surface area contributed by atoms with Crippen LogP contribution in [0.15, 0.2) is 36.4 Å². The van der Waals surface area contributed by atoms with E-state index >= 15 is 0 Å². The molecule has 2 atom stereocenters. The molecule has 0 fully saturated rings. The second-order valence-corrected chi connectivity index (χ2v) is 8.50. The summed E-state index contributed by atoms with van der Waals surface area (Å²) in [5.41, 5.74) is 1.75. The molecule has 0 saturated heterocycles. The summed E-state index contributed by atoms with van der Waals surface area (Å²) < 4.78 is 11.4. The third-order valence-electron chi connectivity index (χ3n) is 4.82. The van der Waals surface area contributed by atoms with E-state index in [1.54, 1.807) is 50.2 Å². The summed E-state index contributed by atoms with van der Waals surface area (Å²) in [6.45, 7) is 8.15. The summed E-state index contributed by atoms with van der Waals surface area (Å²) in [7, 11) is 0. The Hall–Kier alpha value is -2.44. The number of halogens is 2. The van der Waals surface area contributed by atoms with Crippen molar-refractivity contribution in [2.45, 2.75) is 52.7 Å². The van der Waals surface area contributed by atoms with Crippen molar-refractivity contribution in [1.82, 2.24) is 10.6 Å². The topological polar surface area (TPSA) is 76.7 Å². The van der Waals surface area contributed by atoms with Gasteiger partial charge in [0.1, 0.15) is 11.5 Å². The highest BCUT2D eigenvalue weighted by Gasteiger charge is 2.16. The van der Waals surface area contributed by atoms with Crippen LogP contribution in [-0.2, 0) is 9.59 Å². The molecule has 2 amide bonds. The van der Waals surface area contributed by atoms with Crippen LogP contribution >= 0.6 is 23.2 Å². The molecule has 0 unspecified atom stereocenters. The zero-order chi connectivity index (χ0) is 23.7. The molecule has 0 aliphatic rings. The first-order chi connectivity index (χ1) is 15.2. The molecule has 174 valence electrons. The van der Waals surface area contributed by atoms with Crippen molar-refractivity contribution in [1.29, 1.82) is 0 Å². The first-order valence-electron chi connectivity index (χ1n) is 10.6. The van der Waals surface area contributed by atoms with Gasteiger partial charge < -0.3 is 20.1 Å². The van der Waals surface area contributed by atoms with Crippen molar-refractivity contribution < 1.29 is 19.1 Å². The van der Waals surface area contributed by atoms with Gasteiger partial charge in [-0.2, -0.15) is 0 Å². The van der Waals surface area contributed by atoms with Crippen LogP contribution in [0.25, 0.3) is 0 Å². The van der Waals surface area contributed by atoms with E-state index in [9.17, 15) is 9.59 Å². The van der Waals surface area contributed by atoms with Crippen molar-refractivity contribution in [2.75, 3.05) is 13.1 Å². The van der Waals surface area contributed by atoms with E-state index in [1.165, 1.54) is 0 Å². The predicted octanol–water partition coefficient (Wildman–Crippen LogP) is 4.86. The number of unbranched alkanes of at least 4 members (excludes halogenated alkanes) is 1. The van der Waals surface area contributed by atoms with Gasteiger partial charge in [0, 0.05) is 23.1 Å². The van der Waals surface area contributed by atoms with Crippen LogP contribution in [0.3, 0.4) is 0 Å². The van der Waals surface area contributed by atoms with E-state index in [2.05, 4.69) is 10.6 Å².